The lowest BCUT2D eigenvalue weighted by Gasteiger charge is -2.24. The second-order valence-corrected chi connectivity index (χ2v) is 8.07. The molecule has 1 fully saturated rings. The largest absolute Gasteiger partial charge is 0.326 e. The Labute approximate surface area is 191 Å². The summed E-state index contributed by atoms with van der Waals surface area (Å²) in [6, 6.07) is 11.3. The third kappa shape index (κ3) is 4.93. The van der Waals surface area contributed by atoms with Gasteiger partial charge < -0.3 is 5.32 Å². The average molecular weight is 540 g/mol. The van der Waals surface area contributed by atoms with Crippen LogP contribution in [0.3, 0.4) is 0 Å². The van der Waals surface area contributed by atoms with Gasteiger partial charge in [-0.3, -0.25) is 24.7 Å². The second kappa shape index (κ2) is 9.47. The van der Waals surface area contributed by atoms with Gasteiger partial charge in [-0.1, -0.05) is 6.07 Å². The van der Waals surface area contributed by atoms with E-state index in [0.717, 1.165) is 9.64 Å². The van der Waals surface area contributed by atoms with E-state index in [1.54, 1.807) is 19.1 Å². The first kappa shape index (κ1) is 22.1. The number of carbonyl (C=O) groups excluding carboxylic acids is 3. The Bertz CT molecular complexity index is 1000. The summed E-state index contributed by atoms with van der Waals surface area (Å²) in [4.78, 5) is 39.2. The predicted octanol–water partition coefficient (Wildman–Crippen LogP) is 2.92. The van der Waals surface area contributed by atoms with Crippen LogP contribution in [0.2, 0.25) is 0 Å². The minimum Gasteiger partial charge on any atom is -0.326 e. The van der Waals surface area contributed by atoms with Gasteiger partial charge in [0.2, 0.25) is 5.91 Å². The van der Waals surface area contributed by atoms with Crippen molar-refractivity contribution in [3.63, 3.8) is 0 Å². The van der Waals surface area contributed by atoms with Crippen LogP contribution in [-0.2, 0) is 9.59 Å². The van der Waals surface area contributed by atoms with Crippen molar-refractivity contribution in [1.82, 2.24) is 15.3 Å². The number of nitrogens with one attached hydrogen (secondary N) is 2. The molecule has 0 saturated carbocycles. The summed E-state index contributed by atoms with van der Waals surface area (Å²) in [5, 5.41) is 4.01. The van der Waals surface area contributed by atoms with Gasteiger partial charge in [-0.05, 0) is 84.2 Å². The number of benzene rings is 2. The minimum atomic E-state index is -1.00. The minimum absolute atomic E-state index is 0.0716. The van der Waals surface area contributed by atoms with Crippen molar-refractivity contribution >= 4 is 63.3 Å². The zero-order valence-electron chi connectivity index (χ0n) is 15.9. The van der Waals surface area contributed by atoms with Crippen molar-refractivity contribution in [1.29, 1.82) is 0 Å². The van der Waals surface area contributed by atoms with Gasteiger partial charge in [-0.2, -0.15) is 0 Å². The monoisotopic (exact) mass is 540 g/mol. The molecule has 1 heterocycles. The van der Waals surface area contributed by atoms with Gasteiger partial charge in [0.15, 0.2) is 5.11 Å². The summed E-state index contributed by atoms with van der Waals surface area (Å²) >= 11 is 7.47. The molecular weight excluding hydrogens is 522 g/mol. The Morgan fingerprint density at radius 1 is 1.20 bits per heavy atom. The van der Waals surface area contributed by atoms with Crippen molar-refractivity contribution in [3.05, 3.63) is 63.5 Å². The molecule has 3 rings (SSSR count). The lowest BCUT2D eigenvalue weighted by atomic mass is 10.1. The molecular formula is C20H18FIN4O3S. The fourth-order valence-electron chi connectivity index (χ4n) is 2.97. The molecule has 0 spiro atoms. The number of halogens is 2. The average Bonchev–Trinajstić information content (AvgIpc) is 2.93. The molecule has 2 aromatic carbocycles. The summed E-state index contributed by atoms with van der Waals surface area (Å²) in [5.41, 5.74) is 3.20. The van der Waals surface area contributed by atoms with Crippen molar-refractivity contribution < 1.29 is 18.8 Å². The Morgan fingerprint density at radius 3 is 2.53 bits per heavy atom. The fraction of sp³-hybridized carbons (Fsp3) is 0.200. The molecule has 2 aromatic rings. The van der Waals surface area contributed by atoms with Gasteiger partial charge in [0.05, 0.1) is 6.42 Å². The van der Waals surface area contributed by atoms with Gasteiger partial charge in [-0.15, -0.1) is 0 Å². The maximum atomic E-state index is 13.4. The molecule has 1 atom stereocenters. The molecule has 2 N–H and O–H groups in total. The number of hydrogen-bond acceptors (Lipinski definition) is 4. The molecule has 0 bridgehead atoms. The third-order valence-electron chi connectivity index (χ3n) is 4.43. The first-order chi connectivity index (χ1) is 14.3. The molecule has 0 aliphatic carbocycles. The van der Waals surface area contributed by atoms with E-state index in [1.807, 2.05) is 12.1 Å². The van der Waals surface area contributed by atoms with E-state index in [0.29, 0.717) is 12.2 Å². The maximum Gasteiger partial charge on any atom is 0.269 e. The van der Waals surface area contributed by atoms with Crippen molar-refractivity contribution in [2.24, 2.45) is 0 Å². The Balaban J connectivity index is 1.76. The molecule has 0 aromatic heterocycles. The molecule has 1 saturated heterocycles. The third-order valence-corrected chi connectivity index (χ3v) is 5.57. The number of likely N-dealkylation sites (N-methyl/N-ethyl adjacent to an activating group) is 1. The van der Waals surface area contributed by atoms with Gasteiger partial charge in [0, 0.05) is 21.4 Å². The summed E-state index contributed by atoms with van der Waals surface area (Å²) < 4.78 is 14.5. The topological polar surface area (TPSA) is 81.8 Å². The zero-order valence-corrected chi connectivity index (χ0v) is 18.9. The Hall–Kier alpha value is -2.60. The molecule has 3 amide bonds. The summed E-state index contributed by atoms with van der Waals surface area (Å²) in [6.07, 6.45) is -0.217. The quantitative estimate of drug-likeness (QED) is 0.435. The fourth-order valence-corrected chi connectivity index (χ4v) is 3.72. The van der Waals surface area contributed by atoms with E-state index >= 15 is 0 Å². The Kier molecular flexibility index (Phi) is 6.98. The van der Waals surface area contributed by atoms with Crippen LogP contribution in [0, 0.1) is 9.39 Å². The zero-order chi connectivity index (χ0) is 21.8. The molecule has 156 valence electrons. The van der Waals surface area contributed by atoms with Crippen LogP contribution in [0.5, 0.6) is 0 Å². The highest BCUT2D eigenvalue weighted by Crippen LogP contribution is 2.20. The number of hydrazine groups is 1. The molecule has 1 aliphatic heterocycles. The van der Waals surface area contributed by atoms with Crippen LogP contribution in [0.15, 0.2) is 48.5 Å². The van der Waals surface area contributed by atoms with Crippen LogP contribution < -0.4 is 10.7 Å². The SMILES string of the molecule is CCN1C(=O)C(CC(=O)Nc2ccc(I)cc2)N(NC(=O)c2cccc(F)c2)C1=S. The second-order valence-electron chi connectivity index (χ2n) is 6.46. The molecule has 1 unspecified atom stereocenters. The number of rotatable bonds is 6. The lowest BCUT2D eigenvalue weighted by molar-refractivity contribution is -0.130. The number of amides is 3. The summed E-state index contributed by atoms with van der Waals surface area (Å²) in [5.74, 6) is -1.99. The molecule has 0 radical (unpaired) electrons. The van der Waals surface area contributed by atoms with Crippen LogP contribution in [-0.4, -0.2) is 45.3 Å². The van der Waals surface area contributed by atoms with Crippen LogP contribution in [0.4, 0.5) is 10.1 Å². The van der Waals surface area contributed by atoms with E-state index in [-0.39, 0.29) is 23.0 Å². The maximum absolute atomic E-state index is 13.4. The number of anilines is 1. The predicted molar refractivity (Wildman–Crippen MR) is 122 cm³/mol. The molecule has 7 nitrogen and oxygen atoms in total. The first-order valence-electron chi connectivity index (χ1n) is 9.06. The van der Waals surface area contributed by atoms with E-state index in [9.17, 15) is 18.8 Å². The number of carbonyl (C=O) groups is 3. The molecule has 1 aliphatic rings. The Morgan fingerprint density at radius 2 is 1.90 bits per heavy atom. The highest BCUT2D eigenvalue weighted by atomic mass is 127. The summed E-state index contributed by atoms with van der Waals surface area (Å²) in [6.45, 7) is 2.03. The van der Waals surface area contributed by atoms with E-state index in [1.165, 1.54) is 28.1 Å². The normalized spacial score (nSPS) is 16.0. The van der Waals surface area contributed by atoms with Crippen LogP contribution >= 0.6 is 34.8 Å². The van der Waals surface area contributed by atoms with Gasteiger partial charge in [0.25, 0.3) is 11.8 Å². The first-order valence-corrected chi connectivity index (χ1v) is 10.6. The van der Waals surface area contributed by atoms with E-state index < -0.39 is 23.7 Å². The van der Waals surface area contributed by atoms with Crippen molar-refractivity contribution in [2.45, 2.75) is 19.4 Å². The van der Waals surface area contributed by atoms with E-state index in [4.69, 9.17) is 12.2 Å². The molecule has 30 heavy (non-hydrogen) atoms. The van der Waals surface area contributed by atoms with Crippen molar-refractivity contribution in [3.8, 4) is 0 Å². The lowest BCUT2D eigenvalue weighted by Crippen LogP contribution is -2.49. The van der Waals surface area contributed by atoms with E-state index in [2.05, 4.69) is 33.3 Å². The smallest absolute Gasteiger partial charge is 0.269 e. The number of thiocarbonyl (C=S) groups is 1. The van der Waals surface area contributed by atoms with Gasteiger partial charge >= 0.3 is 0 Å². The molecule has 10 heteroatoms. The van der Waals surface area contributed by atoms with Gasteiger partial charge in [0.1, 0.15) is 11.9 Å². The van der Waals surface area contributed by atoms with Crippen molar-refractivity contribution in [2.75, 3.05) is 11.9 Å². The number of hydrogen-bond donors (Lipinski definition) is 2. The summed E-state index contributed by atoms with van der Waals surface area (Å²) in [7, 11) is 0. The van der Waals surface area contributed by atoms with Crippen LogP contribution in [0.1, 0.15) is 23.7 Å². The number of nitrogens with zero attached hydrogens (tertiary/aromatic N) is 2. The highest BCUT2D eigenvalue weighted by Gasteiger charge is 2.43. The van der Waals surface area contributed by atoms with Gasteiger partial charge in [-0.25, -0.2) is 9.40 Å². The standard InChI is InChI=1S/C20H18FIN4O3S/c1-2-25-19(29)16(11-17(27)23-15-8-6-14(22)7-9-15)26(20(25)30)24-18(28)12-4-3-5-13(21)10-12/h3-10,16H,2,11H2,1H3,(H,23,27)(H,24,28). The van der Waals surface area contributed by atoms with Crippen LogP contribution in [0.25, 0.3) is 0 Å². The highest BCUT2D eigenvalue weighted by molar-refractivity contribution is 14.1.